The maximum absolute atomic E-state index is 14.6. The third-order valence-electron chi connectivity index (χ3n) is 8.59. The first-order valence-corrected chi connectivity index (χ1v) is 13.5. The van der Waals surface area contributed by atoms with Crippen LogP contribution in [0.2, 0.25) is 5.02 Å². The van der Waals surface area contributed by atoms with Gasteiger partial charge in [-0.2, -0.15) is 0 Å². The van der Waals surface area contributed by atoms with Gasteiger partial charge >= 0.3 is 0 Å². The van der Waals surface area contributed by atoms with E-state index < -0.39 is 23.4 Å². The number of carbonyl (C=O) groups is 3. The first kappa shape index (κ1) is 24.6. The van der Waals surface area contributed by atoms with E-state index in [4.69, 9.17) is 16.3 Å². The minimum atomic E-state index is -1.53. The van der Waals surface area contributed by atoms with Gasteiger partial charge in [0, 0.05) is 33.3 Å². The summed E-state index contributed by atoms with van der Waals surface area (Å²) in [6.07, 6.45) is 3.89. The first-order valence-electron chi connectivity index (χ1n) is 13.1. The van der Waals surface area contributed by atoms with Crippen LogP contribution in [0.3, 0.4) is 0 Å². The molecular weight excluding hydrogens is 522 g/mol. The second-order valence-electron chi connectivity index (χ2n) is 10.4. The van der Waals surface area contributed by atoms with E-state index in [-0.39, 0.29) is 17.3 Å². The van der Waals surface area contributed by atoms with Crippen LogP contribution in [0.15, 0.2) is 103 Å². The van der Waals surface area contributed by atoms with Gasteiger partial charge in [-0.3, -0.25) is 14.4 Å². The molecule has 0 saturated carbocycles. The van der Waals surface area contributed by atoms with E-state index in [1.807, 2.05) is 65.6 Å². The number of anilines is 1. The van der Waals surface area contributed by atoms with Crippen LogP contribution >= 0.6 is 11.6 Å². The van der Waals surface area contributed by atoms with Crippen LogP contribution < -0.4 is 9.64 Å². The van der Waals surface area contributed by atoms with Crippen LogP contribution in [0, 0.1) is 5.41 Å². The molecule has 0 aromatic heterocycles. The summed E-state index contributed by atoms with van der Waals surface area (Å²) in [5, 5.41) is 0.520. The van der Waals surface area contributed by atoms with Crippen molar-refractivity contribution in [3.8, 4) is 5.75 Å². The quantitative estimate of drug-likeness (QED) is 0.212. The van der Waals surface area contributed by atoms with Crippen molar-refractivity contribution in [1.29, 1.82) is 0 Å². The number of halogens is 1. The summed E-state index contributed by atoms with van der Waals surface area (Å²) in [5.74, 6) is -0.804. The summed E-state index contributed by atoms with van der Waals surface area (Å²) in [6, 6.07) is 27.4. The second-order valence-corrected chi connectivity index (χ2v) is 10.8. The molecule has 0 radical (unpaired) electrons. The fourth-order valence-corrected chi connectivity index (χ4v) is 7.01. The van der Waals surface area contributed by atoms with Crippen LogP contribution in [-0.2, 0) is 0 Å². The van der Waals surface area contributed by atoms with Gasteiger partial charge in [0.25, 0.3) is 0 Å². The number of methoxy groups -OCH3 is 1. The molecule has 7 rings (SSSR count). The summed E-state index contributed by atoms with van der Waals surface area (Å²) in [7, 11) is 1.58. The number of rotatable bonds is 4. The molecule has 4 aromatic carbocycles. The molecule has 1 fully saturated rings. The number of benzene rings is 4. The zero-order chi connectivity index (χ0) is 27.6. The van der Waals surface area contributed by atoms with Crippen molar-refractivity contribution in [2.45, 2.75) is 18.0 Å². The molecule has 5 nitrogen and oxygen atoms in total. The average Bonchev–Trinajstić information content (AvgIpc) is 3.43. The number of ether oxygens (including phenoxy) is 1. The number of fused-ring (bicyclic) bond motifs is 5. The molecule has 4 aromatic rings. The van der Waals surface area contributed by atoms with E-state index >= 15 is 0 Å². The van der Waals surface area contributed by atoms with E-state index in [9.17, 15) is 14.4 Å². The highest BCUT2D eigenvalue weighted by atomic mass is 35.5. The molecule has 0 N–H and O–H groups in total. The molecule has 1 saturated heterocycles. The van der Waals surface area contributed by atoms with Crippen LogP contribution in [-0.4, -0.2) is 36.5 Å². The van der Waals surface area contributed by atoms with Gasteiger partial charge in [0.05, 0.1) is 13.2 Å². The Hall–Kier alpha value is -4.48. The Morgan fingerprint density at radius 2 is 1.45 bits per heavy atom. The van der Waals surface area contributed by atoms with Crippen LogP contribution in [0.5, 0.6) is 5.75 Å². The molecule has 2 aliphatic heterocycles. The minimum Gasteiger partial charge on any atom is -0.497 e. The van der Waals surface area contributed by atoms with E-state index in [0.29, 0.717) is 27.5 Å². The fourth-order valence-electron chi connectivity index (χ4n) is 6.89. The van der Waals surface area contributed by atoms with Gasteiger partial charge in [0.1, 0.15) is 17.2 Å². The molecule has 0 bridgehead atoms. The summed E-state index contributed by atoms with van der Waals surface area (Å²) in [4.78, 5) is 45.8. The van der Waals surface area contributed by atoms with Crippen LogP contribution in [0.4, 0.5) is 5.69 Å². The number of ketones is 3. The lowest BCUT2D eigenvalue weighted by atomic mass is 9.64. The van der Waals surface area contributed by atoms with E-state index in [0.717, 1.165) is 16.8 Å². The third kappa shape index (κ3) is 3.24. The SMILES string of the molecule is COc1ccc([C@H]2[C@H](C(=O)c3ccc(Cl)cc3)N3c4ccccc4C=C[C@H]3C23C(=O)c2ccccc2C3=O)cc1. The largest absolute Gasteiger partial charge is 0.497 e. The number of Topliss-reactive ketones (excluding diaryl/α,β-unsaturated/α-hetero) is 3. The summed E-state index contributed by atoms with van der Waals surface area (Å²) < 4.78 is 5.40. The Balaban J connectivity index is 1.53. The Kier molecular flexibility index (Phi) is 5.55. The molecule has 3 aliphatic rings. The smallest absolute Gasteiger partial charge is 0.185 e. The molecule has 1 spiro atoms. The lowest BCUT2D eigenvalue weighted by molar-refractivity contribution is 0.0666. The number of para-hydroxylation sites is 1. The highest BCUT2D eigenvalue weighted by Crippen LogP contribution is 2.61. The molecule has 0 unspecified atom stereocenters. The second kappa shape index (κ2) is 9.04. The summed E-state index contributed by atoms with van der Waals surface area (Å²) >= 11 is 6.16. The zero-order valence-electron chi connectivity index (χ0n) is 21.6. The maximum atomic E-state index is 14.6. The van der Waals surface area contributed by atoms with Gasteiger partial charge in [-0.1, -0.05) is 78.4 Å². The Labute approximate surface area is 236 Å². The van der Waals surface area contributed by atoms with Gasteiger partial charge in [-0.25, -0.2) is 0 Å². The normalized spacial score (nSPS) is 21.8. The standard InChI is InChI=1S/C34H24ClNO4/c1-40-24-17-12-21(13-18-24)29-30(31(37)22-10-15-23(35)16-11-22)36-27-9-5-2-6-20(27)14-19-28(36)34(29)32(38)25-7-3-4-8-26(25)33(34)39/h2-19,28-30H,1H3/t28-,29-,30+/m0/s1. The van der Waals surface area contributed by atoms with Crippen molar-refractivity contribution >= 4 is 40.7 Å². The molecule has 6 heteroatoms. The number of carbonyl (C=O) groups excluding carboxylic acids is 3. The fraction of sp³-hybridized carbons (Fsp3) is 0.147. The van der Waals surface area contributed by atoms with Gasteiger partial charge in [0.15, 0.2) is 17.3 Å². The molecule has 0 amide bonds. The van der Waals surface area contributed by atoms with Crippen LogP contribution in [0.25, 0.3) is 6.08 Å². The molecule has 1 aliphatic carbocycles. The number of hydrogen-bond acceptors (Lipinski definition) is 5. The monoisotopic (exact) mass is 545 g/mol. The zero-order valence-corrected chi connectivity index (χ0v) is 22.3. The van der Waals surface area contributed by atoms with Gasteiger partial charge < -0.3 is 9.64 Å². The van der Waals surface area contributed by atoms with Crippen molar-refractivity contribution in [2.75, 3.05) is 12.0 Å². The van der Waals surface area contributed by atoms with Crippen LogP contribution in [0.1, 0.15) is 48.1 Å². The van der Waals surface area contributed by atoms with Crippen molar-refractivity contribution in [2.24, 2.45) is 5.41 Å². The van der Waals surface area contributed by atoms with Crippen molar-refractivity contribution in [3.63, 3.8) is 0 Å². The van der Waals surface area contributed by atoms with E-state index in [2.05, 4.69) is 0 Å². The van der Waals surface area contributed by atoms with Gasteiger partial charge in [0.2, 0.25) is 0 Å². The topological polar surface area (TPSA) is 63.7 Å². The van der Waals surface area contributed by atoms with Crippen molar-refractivity contribution in [1.82, 2.24) is 0 Å². The van der Waals surface area contributed by atoms with Crippen molar-refractivity contribution < 1.29 is 19.1 Å². The maximum Gasteiger partial charge on any atom is 0.185 e. The molecule has 3 atom stereocenters. The predicted octanol–water partition coefficient (Wildman–Crippen LogP) is 6.66. The van der Waals surface area contributed by atoms with Crippen molar-refractivity contribution in [3.05, 3.63) is 136 Å². The highest BCUT2D eigenvalue weighted by molar-refractivity contribution is 6.32. The summed E-state index contributed by atoms with van der Waals surface area (Å²) in [5.41, 5.74) is 2.20. The molecule has 196 valence electrons. The lowest BCUT2D eigenvalue weighted by Gasteiger charge is -2.37. The Morgan fingerprint density at radius 3 is 2.10 bits per heavy atom. The Bertz CT molecular complexity index is 1690. The lowest BCUT2D eigenvalue weighted by Crippen LogP contribution is -2.48. The summed E-state index contributed by atoms with van der Waals surface area (Å²) in [6.45, 7) is 0. The van der Waals surface area contributed by atoms with E-state index in [1.54, 1.807) is 55.6 Å². The molecular formula is C34H24ClNO4. The third-order valence-corrected chi connectivity index (χ3v) is 8.84. The number of nitrogens with zero attached hydrogens (tertiary/aromatic N) is 1. The van der Waals surface area contributed by atoms with Gasteiger partial charge in [-0.15, -0.1) is 0 Å². The van der Waals surface area contributed by atoms with E-state index in [1.165, 1.54) is 0 Å². The van der Waals surface area contributed by atoms with Gasteiger partial charge in [-0.05, 0) is 53.6 Å². The number of hydrogen-bond donors (Lipinski definition) is 0. The minimum absolute atomic E-state index is 0.180. The highest BCUT2D eigenvalue weighted by Gasteiger charge is 2.71. The molecule has 2 heterocycles. The first-order chi connectivity index (χ1) is 19.5. The average molecular weight is 546 g/mol. The molecule has 40 heavy (non-hydrogen) atoms. The predicted molar refractivity (Wildman–Crippen MR) is 155 cm³/mol. The Morgan fingerprint density at radius 1 is 0.825 bits per heavy atom.